The van der Waals surface area contributed by atoms with Crippen LogP contribution in [0.25, 0.3) is 0 Å². The molecule has 2 rings (SSSR count). The molecular formula is C16H14Cl2N2O2. The SMILES string of the molecule is Cc1cccc(NC(=O)CC(=O)Nc2c(Cl)cccc2Cl)c1. The van der Waals surface area contributed by atoms with E-state index in [4.69, 9.17) is 23.2 Å². The lowest BCUT2D eigenvalue weighted by molar-refractivity contribution is -0.123. The van der Waals surface area contributed by atoms with Gasteiger partial charge >= 0.3 is 0 Å². The summed E-state index contributed by atoms with van der Waals surface area (Å²) >= 11 is 11.9. The second-order valence-electron chi connectivity index (χ2n) is 4.74. The van der Waals surface area contributed by atoms with Crippen LogP contribution in [0.1, 0.15) is 12.0 Å². The molecule has 0 saturated carbocycles. The van der Waals surface area contributed by atoms with E-state index in [1.54, 1.807) is 24.3 Å². The standard InChI is InChI=1S/C16H14Cl2N2O2/c1-10-4-2-5-11(8-10)19-14(21)9-15(22)20-16-12(17)6-3-7-13(16)18/h2-8H,9H2,1H3,(H,19,21)(H,20,22). The third kappa shape index (κ3) is 4.48. The molecule has 0 aliphatic carbocycles. The minimum absolute atomic E-state index is 0.305. The smallest absolute Gasteiger partial charge is 0.233 e. The Balaban J connectivity index is 1.96. The van der Waals surface area contributed by atoms with Gasteiger partial charge in [0, 0.05) is 5.69 Å². The second kappa shape index (κ2) is 7.29. The summed E-state index contributed by atoms with van der Waals surface area (Å²) in [6.45, 7) is 1.92. The highest BCUT2D eigenvalue weighted by Gasteiger charge is 2.13. The molecule has 0 bridgehead atoms. The van der Waals surface area contributed by atoms with Crippen molar-refractivity contribution in [3.63, 3.8) is 0 Å². The molecular weight excluding hydrogens is 323 g/mol. The molecule has 22 heavy (non-hydrogen) atoms. The van der Waals surface area contributed by atoms with Gasteiger partial charge in [-0.2, -0.15) is 0 Å². The van der Waals surface area contributed by atoms with Gasteiger partial charge in [0.25, 0.3) is 0 Å². The highest BCUT2D eigenvalue weighted by molar-refractivity contribution is 6.39. The third-order valence-electron chi connectivity index (χ3n) is 2.85. The third-order valence-corrected chi connectivity index (χ3v) is 3.48. The monoisotopic (exact) mass is 336 g/mol. The van der Waals surface area contributed by atoms with Crippen LogP contribution in [0.2, 0.25) is 10.0 Å². The van der Waals surface area contributed by atoms with Crippen LogP contribution in [0, 0.1) is 6.92 Å². The number of anilines is 2. The lowest BCUT2D eigenvalue weighted by Crippen LogP contribution is -2.21. The fourth-order valence-electron chi connectivity index (χ4n) is 1.87. The first-order valence-electron chi connectivity index (χ1n) is 6.56. The van der Waals surface area contributed by atoms with Crippen LogP contribution in [0.5, 0.6) is 0 Å². The number of rotatable bonds is 4. The molecule has 114 valence electrons. The Hall–Kier alpha value is -2.04. The first kappa shape index (κ1) is 16.3. The van der Waals surface area contributed by atoms with Crippen molar-refractivity contribution in [3.8, 4) is 0 Å². The zero-order valence-electron chi connectivity index (χ0n) is 11.8. The summed E-state index contributed by atoms with van der Waals surface area (Å²) in [5.74, 6) is -0.897. The normalized spacial score (nSPS) is 10.1. The molecule has 0 spiro atoms. The van der Waals surface area contributed by atoms with E-state index in [-0.39, 0.29) is 6.42 Å². The minimum atomic E-state index is -0.486. The Morgan fingerprint density at radius 1 is 0.955 bits per heavy atom. The Kier molecular flexibility index (Phi) is 5.41. The zero-order chi connectivity index (χ0) is 16.1. The molecule has 0 aromatic heterocycles. The van der Waals surface area contributed by atoms with Crippen molar-refractivity contribution in [1.29, 1.82) is 0 Å². The quantitative estimate of drug-likeness (QED) is 0.819. The maximum Gasteiger partial charge on any atom is 0.233 e. The lowest BCUT2D eigenvalue weighted by atomic mass is 10.2. The summed E-state index contributed by atoms with van der Waals surface area (Å²) in [6.07, 6.45) is -0.324. The number of amides is 2. The number of hydrogen-bond acceptors (Lipinski definition) is 2. The first-order chi connectivity index (χ1) is 10.5. The Morgan fingerprint density at radius 2 is 1.55 bits per heavy atom. The van der Waals surface area contributed by atoms with Crippen LogP contribution in [-0.2, 0) is 9.59 Å². The van der Waals surface area contributed by atoms with Crippen LogP contribution in [0.15, 0.2) is 42.5 Å². The van der Waals surface area contributed by atoms with E-state index in [1.807, 2.05) is 25.1 Å². The van der Waals surface area contributed by atoms with E-state index >= 15 is 0 Å². The molecule has 0 heterocycles. The summed E-state index contributed by atoms with van der Waals surface area (Å²) in [5, 5.41) is 5.84. The summed E-state index contributed by atoms with van der Waals surface area (Å²) < 4.78 is 0. The zero-order valence-corrected chi connectivity index (χ0v) is 13.3. The Morgan fingerprint density at radius 3 is 2.18 bits per heavy atom. The number of carbonyl (C=O) groups excluding carboxylic acids is 2. The average molecular weight is 337 g/mol. The molecule has 0 fully saturated rings. The largest absolute Gasteiger partial charge is 0.326 e. The van der Waals surface area contributed by atoms with Crippen LogP contribution in [-0.4, -0.2) is 11.8 Å². The fraction of sp³-hybridized carbons (Fsp3) is 0.125. The van der Waals surface area contributed by atoms with E-state index in [1.165, 1.54) is 0 Å². The van der Waals surface area contributed by atoms with Gasteiger partial charge in [-0.15, -0.1) is 0 Å². The number of hydrogen-bond donors (Lipinski definition) is 2. The van der Waals surface area contributed by atoms with Crippen molar-refractivity contribution < 1.29 is 9.59 Å². The van der Waals surface area contributed by atoms with Crippen LogP contribution < -0.4 is 10.6 Å². The molecule has 0 atom stereocenters. The van der Waals surface area contributed by atoms with E-state index in [0.717, 1.165) is 5.56 Å². The Bertz CT molecular complexity index is 697. The number of para-hydroxylation sites is 1. The van der Waals surface area contributed by atoms with Crippen molar-refractivity contribution in [2.45, 2.75) is 13.3 Å². The van der Waals surface area contributed by atoms with Gasteiger partial charge in [0.2, 0.25) is 11.8 Å². The summed E-state index contributed by atoms with van der Waals surface area (Å²) in [5.41, 5.74) is 1.97. The molecule has 2 aromatic carbocycles. The molecule has 2 amide bonds. The van der Waals surface area contributed by atoms with E-state index in [0.29, 0.717) is 21.4 Å². The molecule has 0 radical (unpaired) electrons. The van der Waals surface area contributed by atoms with Crippen LogP contribution in [0.3, 0.4) is 0 Å². The van der Waals surface area contributed by atoms with Gasteiger partial charge in [-0.3, -0.25) is 9.59 Å². The molecule has 2 aromatic rings. The van der Waals surface area contributed by atoms with Crippen molar-refractivity contribution in [1.82, 2.24) is 0 Å². The van der Waals surface area contributed by atoms with Crippen molar-refractivity contribution in [3.05, 3.63) is 58.1 Å². The second-order valence-corrected chi connectivity index (χ2v) is 5.55. The molecule has 6 heteroatoms. The number of benzene rings is 2. The van der Waals surface area contributed by atoms with Gasteiger partial charge < -0.3 is 10.6 Å². The van der Waals surface area contributed by atoms with Gasteiger partial charge in [-0.05, 0) is 36.8 Å². The number of nitrogens with one attached hydrogen (secondary N) is 2. The predicted octanol–water partition coefficient (Wildman–Crippen LogP) is 4.27. The average Bonchev–Trinajstić information content (AvgIpc) is 2.43. The van der Waals surface area contributed by atoms with Crippen molar-refractivity contribution >= 4 is 46.4 Å². The van der Waals surface area contributed by atoms with E-state index in [9.17, 15) is 9.59 Å². The predicted molar refractivity (Wildman–Crippen MR) is 89.5 cm³/mol. The van der Waals surface area contributed by atoms with E-state index < -0.39 is 11.8 Å². The maximum atomic E-state index is 11.9. The number of aryl methyl sites for hydroxylation is 1. The van der Waals surface area contributed by atoms with Crippen LogP contribution in [0.4, 0.5) is 11.4 Å². The molecule has 4 nitrogen and oxygen atoms in total. The highest BCUT2D eigenvalue weighted by Crippen LogP contribution is 2.29. The maximum absolute atomic E-state index is 11.9. The molecule has 2 N–H and O–H groups in total. The topological polar surface area (TPSA) is 58.2 Å². The number of halogens is 2. The summed E-state index contributed by atoms with van der Waals surface area (Å²) in [7, 11) is 0. The first-order valence-corrected chi connectivity index (χ1v) is 7.31. The van der Waals surface area contributed by atoms with Gasteiger partial charge in [0.1, 0.15) is 6.42 Å². The summed E-state index contributed by atoms with van der Waals surface area (Å²) in [6, 6.07) is 12.2. The van der Waals surface area contributed by atoms with Crippen LogP contribution >= 0.6 is 23.2 Å². The fourth-order valence-corrected chi connectivity index (χ4v) is 2.37. The number of carbonyl (C=O) groups is 2. The van der Waals surface area contributed by atoms with Gasteiger partial charge in [0.05, 0.1) is 15.7 Å². The minimum Gasteiger partial charge on any atom is -0.326 e. The van der Waals surface area contributed by atoms with Crippen molar-refractivity contribution in [2.75, 3.05) is 10.6 Å². The summed E-state index contributed by atoms with van der Waals surface area (Å²) in [4.78, 5) is 23.8. The highest BCUT2D eigenvalue weighted by atomic mass is 35.5. The molecule has 0 aliphatic rings. The molecule has 0 unspecified atom stereocenters. The van der Waals surface area contributed by atoms with Gasteiger partial charge in [-0.25, -0.2) is 0 Å². The van der Waals surface area contributed by atoms with Gasteiger partial charge in [0.15, 0.2) is 0 Å². The Labute approximate surface area is 138 Å². The molecule has 0 aliphatic heterocycles. The van der Waals surface area contributed by atoms with E-state index in [2.05, 4.69) is 10.6 Å². The lowest BCUT2D eigenvalue weighted by Gasteiger charge is -2.09. The van der Waals surface area contributed by atoms with Gasteiger partial charge in [-0.1, -0.05) is 41.4 Å². The molecule has 0 saturated heterocycles. The van der Waals surface area contributed by atoms with Crippen molar-refractivity contribution in [2.24, 2.45) is 0 Å².